The Morgan fingerprint density at radius 3 is 2.56 bits per heavy atom. The van der Waals surface area contributed by atoms with E-state index in [2.05, 4.69) is 18.7 Å². The summed E-state index contributed by atoms with van der Waals surface area (Å²) in [6.45, 7) is 8.47. The van der Waals surface area contributed by atoms with Crippen LogP contribution in [0.25, 0.3) is 0 Å². The molecular formula is C20H33ClO4. The van der Waals surface area contributed by atoms with E-state index in [9.17, 15) is 4.79 Å². The second kappa shape index (κ2) is 14.0. The molecule has 0 aromatic heterocycles. The molecule has 2 unspecified atom stereocenters. The van der Waals surface area contributed by atoms with Crippen molar-refractivity contribution in [2.75, 3.05) is 13.7 Å². The van der Waals surface area contributed by atoms with Gasteiger partial charge in [0.25, 0.3) is 0 Å². The lowest BCUT2D eigenvalue weighted by molar-refractivity contribution is -0.137. The summed E-state index contributed by atoms with van der Waals surface area (Å²) < 4.78 is 5.84. The summed E-state index contributed by atoms with van der Waals surface area (Å²) in [5, 5.41) is 15.8. The first-order valence-electron chi connectivity index (χ1n) is 8.82. The molecule has 0 bridgehead atoms. The number of aliphatic hydroxyl groups excluding tert-OH is 1. The van der Waals surface area contributed by atoms with Crippen LogP contribution in [0.5, 0.6) is 0 Å². The van der Waals surface area contributed by atoms with Gasteiger partial charge in [0.15, 0.2) is 0 Å². The van der Waals surface area contributed by atoms with Crippen LogP contribution in [0.4, 0.5) is 0 Å². The molecule has 0 amide bonds. The molecule has 5 heteroatoms. The lowest BCUT2D eigenvalue weighted by atomic mass is 9.93. The quantitative estimate of drug-likeness (QED) is 0.188. The van der Waals surface area contributed by atoms with Gasteiger partial charge in [-0.25, -0.2) is 0 Å². The molecule has 0 aromatic carbocycles. The van der Waals surface area contributed by atoms with Crippen LogP contribution in [-0.4, -0.2) is 35.3 Å². The second-order valence-corrected chi connectivity index (χ2v) is 6.98. The number of aliphatic hydroxyl groups is 1. The van der Waals surface area contributed by atoms with Crippen molar-refractivity contribution in [3.05, 3.63) is 36.1 Å². The Morgan fingerprint density at radius 1 is 1.28 bits per heavy atom. The van der Waals surface area contributed by atoms with E-state index < -0.39 is 5.97 Å². The van der Waals surface area contributed by atoms with Crippen LogP contribution in [0, 0.1) is 11.8 Å². The molecule has 2 N–H and O–H groups in total. The third kappa shape index (κ3) is 11.1. The Morgan fingerprint density at radius 2 is 1.96 bits per heavy atom. The van der Waals surface area contributed by atoms with Crippen LogP contribution in [0.15, 0.2) is 36.1 Å². The number of carboxylic acids is 1. The van der Waals surface area contributed by atoms with Crippen molar-refractivity contribution in [2.45, 2.75) is 57.7 Å². The molecule has 0 spiro atoms. The monoisotopic (exact) mass is 372 g/mol. The fourth-order valence-electron chi connectivity index (χ4n) is 3.01. The zero-order chi connectivity index (χ0) is 19.2. The number of halogens is 1. The topological polar surface area (TPSA) is 66.8 Å². The number of hydrogen-bond acceptors (Lipinski definition) is 3. The Labute approximate surface area is 157 Å². The number of alkyl halides is 1. The van der Waals surface area contributed by atoms with Gasteiger partial charge < -0.3 is 14.9 Å². The van der Waals surface area contributed by atoms with Gasteiger partial charge in [0.2, 0.25) is 0 Å². The zero-order valence-corrected chi connectivity index (χ0v) is 16.5. The van der Waals surface area contributed by atoms with Crippen LogP contribution < -0.4 is 0 Å². The van der Waals surface area contributed by atoms with Crippen LogP contribution in [0.2, 0.25) is 0 Å². The Hall–Kier alpha value is -1.26. The first-order chi connectivity index (χ1) is 11.9. The van der Waals surface area contributed by atoms with E-state index in [1.54, 1.807) is 0 Å². The van der Waals surface area contributed by atoms with Crippen molar-refractivity contribution in [3.63, 3.8) is 0 Å². The molecule has 0 heterocycles. The molecule has 25 heavy (non-hydrogen) atoms. The summed E-state index contributed by atoms with van der Waals surface area (Å²) in [6.07, 6.45) is 11.0. The fourth-order valence-corrected chi connectivity index (χ4v) is 3.45. The summed E-state index contributed by atoms with van der Waals surface area (Å²) in [5.74, 6) is 1.09. The number of allylic oxidation sites excluding steroid dienone is 5. The lowest BCUT2D eigenvalue weighted by Gasteiger charge is -2.21. The first-order valence-corrected chi connectivity index (χ1v) is 9.26. The number of rotatable bonds is 10. The highest BCUT2D eigenvalue weighted by atomic mass is 35.5. The summed E-state index contributed by atoms with van der Waals surface area (Å²) in [4.78, 5) is 10.5. The van der Waals surface area contributed by atoms with Gasteiger partial charge >= 0.3 is 5.97 Å². The van der Waals surface area contributed by atoms with E-state index in [0.29, 0.717) is 24.9 Å². The predicted octanol–water partition coefficient (Wildman–Crippen LogP) is 4.93. The second-order valence-electron chi connectivity index (χ2n) is 6.42. The average molecular weight is 373 g/mol. The van der Waals surface area contributed by atoms with Gasteiger partial charge in [-0.3, -0.25) is 4.79 Å². The highest BCUT2D eigenvalue weighted by Crippen LogP contribution is 2.38. The third-order valence-corrected chi connectivity index (χ3v) is 4.74. The molecule has 1 rings (SSSR count). The van der Waals surface area contributed by atoms with Gasteiger partial charge in [0, 0.05) is 18.9 Å². The molecular weight excluding hydrogens is 340 g/mol. The highest BCUT2D eigenvalue weighted by Gasteiger charge is 2.34. The molecule has 1 saturated carbocycles. The minimum Gasteiger partial charge on any atom is -0.498 e. The molecule has 0 aliphatic heterocycles. The number of unbranched alkanes of at least 4 members (excludes halogenated alkanes) is 1. The SMILES string of the molecule is C=C(C)/C=C(\C)OCC1CCC(Cl)[C@@H]1C/C=C\CCCC(=O)O.CO. The minimum absolute atomic E-state index is 0.206. The van der Waals surface area contributed by atoms with Gasteiger partial charge in [-0.05, 0) is 63.9 Å². The van der Waals surface area contributed by atoms with Gasteiger partial charge in [-0.1, -0.05) is 24.3 Å². The van der Waals surface area contributed by atoms with Crippen molar-refractivity contribution < 1.29 is 19.7 Å². The largest absolute Gasteiger partial charge is 0.498 e. The van der Waals surface area contributed by atoms with E-state index in [1.165, 1.54) is 0 Å². The van der Waals surface area contributed by atoms with Gasteiger partial charge in [-0.15, -0.1) is 11.6 Å². The normalized spacial score (nSPS) is 23.2. The maximum atomic E-state index is 10.5. The fraction of sp³-hybridized carbons (Fsp3) is 0.650. The molecule has 3 atom stereocenters. The molecule has 1 fully saturated rings. The summed E-state index contributed by atoms with van der Waals surface area (Å²) in [6, 6.07) is 0. The standard InChI is InChI=1S/C19H29ClO3.CH4O/c1-14(2)12-15(3)23-13-16-10-11-18(20)17(16)8-6-4-5-7-9-19(21)22;1-2/h4,6,12,16-18H,1,5,7-11,13H2,2-3H3,(H,21,22);2H,1H3/b6-4-,15-12+;/t16?,17-,18?;/m1./s1. The molecule has 0 radical (unpaired) electrons. The lowest BCUT2D eigenvalue weighted by Crippen LogP contribution is -2.19. The van der Waals surface area contributed by atoms with Crippen LogP contribution in [0.1, 0.15) is 52.4 Å². The van der Waals surface area contributed by atoms with E-state index in [4.69, 9.17) is 26.6 Å². The first kappa shape index (κ1) is 23.7. The van der Waals surface area contributed by atoms with Gasteiger partial charge in [0.1, 0.15) is 0 Å². The maximum Gasteiger partial charge on any atom is 0.303 e. The molecule has 1 aliphatic rings. The molecule has 4 nitrogen and oxygen atoms in total. The Kier molecular flexibility index (Phi) is 13.3. The summed E-state index contributed by atoms with van der Waals surface area (Å²) in [7, 11) is 1.00. The predicted molar refractivity (Wildman–Crippen MR) is 104 cm³/mol. The number of hydrogen-bond donors (Lipinski definition) is 2. The Bertz CT molecular complexity index is 457. The summed E-state index contributed by atoms with van der Waals surface area (Å²) >= 11 is 6.46. The molecule has 1 aliphatic carbocycles. The Balaban J connectivity index is 0.00000277. The van der Waals surface area contributed by atoms with E-state index >= 15 is 0 Å². The number of carboxylic acid groups (broad SMARTS) is 1. The van der Waals surface area contributed by atoms with E-state index in [0.717, 1.165) is 44.1 Å². The van der Waals surface area contributed by atoms with Crippen molar-refractivity contribution in [3.8, 4) is 0 Å². The van der Waals surface area contributed by atoms with Crippen molar-refractivity contribution in [1.82, 2.24) is 0 Å². The average Bonchev–Trinajstić information content (AvgIpc) is 2.90. The van der Waals surface area contributed by atoms with Crippen molar-refractivity contribution in [2.24, 2.45) is 11.8 Å². The number of carbonyl (C=O) groups is 1. The number of aliphatic carboxylic acids is 1. The molecule has 0 aromatic rings. The summed E-state index contributed by atoms with van der Waals surface area (Å²) in [5.41, 5.74) is 0.991. The van der Waals surface area contributed by atoms with Gasteiger partial charge in [0.05, 0.1) is 12.4 Å². The van der Waals surface area contributed by atoms with Crippen molar-refractivity contribution >= 4 is 17.6 Å². The van der Waals surface area contributed by atoms with Crippen LogP contribution >= 0.6 is 11.6 Å². The third-order valence-electron chi connectivity index (χ3n) is 4.19. The number of ether oxygens (including phenoxy) is 1. The molecule has 0 saturated heterocycles. The highest BCUT2D eigenvalue weighted by molar-refractivity contribution is 6.21. The smallest absolute Gasteiger partial charge is 0.303 e. The van der Waals surface area contributed by atoms with Crippen molar-refractivity contribution in [1.29, 1.82) is 0 Å². The maximum absolute atomic E-state index is 10.5. The van der Waals surface area contributed by atoms with E-state index in [-0.39, 0.29) is 11.8 Å². The van der Waals surface area contributed by atoms with Crippen LogP contribution in [-0.2, 0) is 9.53 Å². The zero-order valence-electron chi connectivity index (χ0n) is 15.7. The molecule has 144 valence electrons. The van der Waals surface area contributed by atoms with E-state index in [1.807, 2.05) is 19.9 Å². The van der Waals surface area contributed by atoms with Crippen LogP contribution in [0.3, 0.4) is 0 Å². The minimum atomic E-state index is -0.731. The van der Waals surface area contributed by atoms with Gasteiger partial charge in [-0.2, -0.15) is 0 Å².